The molecular weight excluding hydrogens is 518 g/mol. The molecule has 1 amide bonds. The van der Waals surface area contributed by atoms with E-state index in [1.54, 1.807) is 17.4 Å². The normalized spacial score (nSPS) is 21.0. The average molecular weight is 549 g/mol. The Hall–Kier alpha value is -1.65. The minimum absolute atomic E-state index is 0. The number of nitrogens with one attached hydrogen (secondary N) is 1. The van der Waals surface area contributed by atoms with Crippen molar-refractivity contribution in [3.63, 3.8) is 0 Å². The van der Waals surface area contributed by atoms with Crippen LogP contribution < -0.4 is 5.32 Å². The van der Waals surface area contributed by atoms with Crippen molar-refractivity contribution >= 4 is 51.7 Å². The Morgan fingerprint density at radius 1 is 1.18 bits per heavy atom. The third kappa shape index (κ3) is 7.68. The molecule has 0 spiro atoms. The van der Waals surface area contributed by atoms with Gasteiger partial charge in [-0.3, -0.25) is 4.79 Å². The molecule has 4 nitrogen and oxygen atoms in total. The van der Waals surface area contributed by atoms with Gasteiger partial charge in [0.05, 0.1) is 11.6 Å². The standard InChI is InChI=1S/C26H30BrN3OS.ClH/c27-23-16-25(32-18-23)7-8-26(31)29-24-5-2-19(3-6-24)9-12-30-13-10-21-4-1-20(17-28)15-22(21)11-14-30;/h1,4,7-8,15-16,18-19,24H,2-3,5-6,9-14H2,(H,29,31);1H/b8-7+;. The van der Waals surface area contributed by atoms with Crippen molar-refractivity contribution in [2.24, 2.45) is 5.92 Å². The van der Waals surface area contributed by atoms with E-state index in [9.17, 15) is 4.79 Å². The number of rotatable bonds is 6. The molecule has 0 unspecified atom stereocenters. The molecule has 2 aliphatic rings. The van der Waals surface area contributed by atoms with Crippen molar-refractivity contribution in [3.05, 3.63) is 61.8 Å². The van der Waals surface area contributed by atoms with E-state index < -0.39 is 0 Å². The second kappa shape index (κ2) is 12.7. The maximum atomic E-state index is 12.2. The molecule has 33 heavy (non-hydrogen) atoms. The lowest BCUT2D eigenvalue weighted by Crippen LogP contribution is -2.37. The molecule has 1 aromatic heterocycles. The minimum atomic E-state index is 0. The van der Waals surface area contributed by atoms with E-state index in [0.29, 0.717) is 6.04 Å². The van der Waals surface area contributed by atoms with E-state index in [-0.39, 0.29) is 18.3 Å². The highest BCUT2D eigenvalue weighted by atomic mass is 79.9. The van der Waals surface area contributed by atoms with Gasteiger partial charge in [-0.1, -0.05) is 6.07 Å². The number of fused-ring (bicyclic) bond motifs is 1. The Morgan fingerprint density at radius 2 is 1.94 bits per heavy atom. The molecule has 2 aromatic rings. The number of nitrogens with zero attached hydrogens (tertiary/aromatic N) is 2. The fraction of sp³-hybridized carbons (Fsp3) is 0.462. The van der Waals surface area contributed by atoms with Gasteiger partial charge >= 0.3 is 0 Å². The van der Waals surface area contributed by atoms with Gasteiger partial charge in [-0.15, -0.1) is 23.7 Å². The lowest BCUT2D eigenvalue weighted by molar-refractivity contribution is -0.117. The number of nitriles is 1. The third-order valence-corrected chi connectivity index (χ3v) is 8.42. The number of carbonyl (C=O) groups excluding carboxylic acids is 1. The maximum Gasteiger partial charge on any atom is 0.244 e. The lowest BCUT2D eigenvalue weighted by atomic mass is 9.84. The largest absolute Gasteiger partial charge is 0.350 e. The lowest BCUT2D eigenvalue weighted by Gasteiger charge is -2.30. The number of benzene rings is 1. The molecule has 176 valence electrons. The first kappa shape index (κ1) is 26.0. The van der Waals surface area contributed by atoms with Crippen molar-refractivity contribution in [2.75, 3.05) is 19.6 Å². The molecular formula is C26H31BrClN3OS. The summed E-state index contributed by atoms with van der Waals surface area (Å²) in [7, 11) is 0. The fourth-order valence-corrected chi connectivity index (χ4v) is 6.18. The van der Waals surface area contributed by atoms with Crippen LogP contribution in [-0.4, -0.2) is 36.5 Å². The van der Waals surface area contributed by atoms with Crippen LogP contribution in [0.15, 0.2) is 40.2 Å². The van der Waals surface area contributed by atoms with E-state index in [1.807, 2.05) is 23.6 Å². The number of carbonyl (C=O) groups is 1. The monoisotopic (exact) mass is 547 g/mol. The second-order valence-electron chi connectivity index (χ2n) is 8.95. The number of hydrogen-bond acceptors (Lipinski definition) is 4. The van der Waals surface area contributed by atoms with Gasteiger partial charge in [-0.25, -0.2) is 0 Å². The smallest absolute Gasteiger partial charge is 0.244 e. The number of halogens is 2. The molecule has 0 radical (unpaired) electrons. The molecule has 4 rings (SSSR count). The van der Waals surface area contributed by atoms with Crippen LogP contribution in [0.2, 0.25) is 0 Å². The quantitative estimate of drug-likeness (QED) is 0.452. The minimum Gasteiger partial charge on any atom is -0.350 e. The highest BCUT2D eigenvalue weighted by molar-refractivity contribution is 9.10. The highest BCUT2D eigenvalue weighted by Gasteiger charge is 2.23. The van der Waals surface area contributed by atoms with Gasteiger partial charge in [0.2, 0.25) is 5.91 Å². The summed E-state index contributed by atoms with van der Waals surface area (Å²) in [4.78, 5) is 15.9. The predicted octanol–water partition coefficient (Wildman–Crippen LogP) is 5.98. The third-order valence-electron chi connectivity index (χ3n) is 6.76. The zero-order chi connectivity index (χ0) is 22.3. The molecule has 1 N–H and O–H groups in total. The van der Waals surface area contributed by atoms with Crippen molar-refractivity contribution in [3.8, 4) is 6.07 Å². The summed E-state index contributed by atoms with van der Waals surface area (Å²) in [6, 6.07) is 10.7. The van der Waals surface area contributed by atoms with Gasteiger partial charge in [0.25, 0.3) is 0 Å². The molecule has 1 aromatic carbocycles. The first-order valence-electron chi connectivity index (χ1n) is 11.6. The van der Waals surface area contributed by atoms with Crippen LogP contribution in [0.1, 0.15) is 53.7 Å². The summed E-state index contributed by atoms with van der Waals surface area (Å²) < 4.78 is 1.05. The number of amides is 1. The van der Waals surface area contributed by atoms with Crippen LogP contribution in [0.25, 0.3) is 6.08 Å². The first-order chi connectivity index (χ1) is 15.6. The Morgan fingerprint density at radius 3 is 2.64 bits per heavy atom. The zero-order valence-electron chi connectivity index (χ0n) is 18.8. The van der Waals surface area contributed by atoms with Crippen molar-refractivity contribution in [2.45, 2.75) is 51.0 Å². The fourth-order valence-electron chi connectivity index (χ4n) is 4.85. The molecule has 2 heterocycles. The molecule has 1 aliphatic carbocycles. The summed E-state index contributed by atoms with van der Waals surface area (Å²) in [5.41, 5.74) is 3.53. The number of hydrogen-bond donors (Lipinski definition) is 1. The van der Waals surface area contributed by atoms with E-state index in [0.717, 1.165) is 66.1 Å². The van der Waals surface area contributed by atoms with Gasteiger partial charge in [0.15, 0.2) is 0 Å². The SMILES string of the molecule is Cl.N#Cc1ccc2c(c1)CCN(CCC1CCC(NC(=O)/C=C/c3cc(Br)cs3)CC1)CC2. The van der Waals surface area contributed by atoms with E-state index >= 15 is 0 Å². The van der Waals surface area contributed by atoms with Crippen LogP contribution in [0.4, 0.5) is 0 Å². The van der Waals surface area contributed by atoms with Crippen molar-refractivity contribution < 1.29 is 4.79 Å². The van der Waals surface area contributed by atoms with Crippen LogP contribution in [0.5, 0.6) is 0 Å². The van der Waals surface area contributed by atoms with E-state index in [1.165, 1.54) is 30.4 Å². The van der Waals surface area contributed by atoms with E-state index in [4.69, 9.17) is 5.26 Å². The average Bonchev–Trinajstić information content (AvgIpc) is 3.12. The predicted molar refractivity (Wildman–Crippen MR) is 142 cm³/mol. The van der Waals surface area contributed by atoms with Crippen molar-refractivity contribution in [1.29, 1.82) is 5.26 Å². The van der Waals surface area contributed by atoms with Gasteiger partial charge in [-0.2, -0.15) is 5.26 Å². The maximum absolute atomic E-state index is 12.2. The topological polar surface area (TPSA) is 56.1 Å². The summed E-state index contributed by atoms with van der Waals surface area (Å²) in [6.45, 7) is 3.35. The van der Waals surface area contributed by atoms with Crippen LogP contribution in [0.3, 0.4) is 0 Å². The van der Waals surface area contributed by atoms with Gasteiger partial charge in [-0.05, 0) is 109 Å². The second-order valence-corrected chi connectivity index (χ2v) is 10.8. The number of thiophene rings is 1. The Kier molecular flexibility index (Phi) is 10.0. The van der Waals surface area contributed by atoms with Crippen LogP contribution in [0, 0.1) is 17.2 Å². The summed E-state index contributed by atoms with van der Waals surface area (Å²) in [6.07, 6.45) is 11.5. The molecule has 1 fully saturated rings. The summed E-state index contributed by atoms with van der Waals surface area (Å²) in [5, 5.41) is 14.3. The molecule has 1 saturated carbocycles. The first-order valence-corrected chi connectivity index (χ1v) is 13.2. The van der Waals surface area contributed by atoms with Gasteiger partial charge in [0.1, 0.15) is 0 Å². The molecule has 0 bridgehead atoms. The van der Waals surface area contributed by atoms with Crippen LogP contribution in [-0.2, 0) is 17.6 Å². The summed E-state index contributed by atoms with van der Waals surface area (Å²) in [5.74, 6) is 0.777. The molecule has 0 saturated heterocycles. The van der Waals surface area contributed by atoms with Crippen LogP contribution >= 0.6 is 39.7 Å². The summed E-state index contributed by atoms with van der Waals surface area (Å²) >= 11 is 5.06. The van der Waals surface area contributed by atoms with Crippen molar-refractivity contribution in [1.82, 2.24) is 10.2 Å². The van der Waals surface area contributed by atoms with Gasteiger partial charge < -0.3 is 10.2 Å². The Labute approximate surface area is 215 Å². The van der Waals surface area contributed by atoms with Gasteiger partial charge in [0, 0.05) is 39.9 Å². The Balaban J connectivity index is 0.00000306. The molecule has 0 atom stereocenters. The van der Waals surface area contributed by atoms with E-state index in [2.05, 4.69) is 44.3 Å². The highest BCUT2D eigenvalue weighted by Crippen LogP contribution is 2.28. The molecule has 1 aliphatic heterocycles. The zero-order valence-corrected chi connectivity index (χ0v) is 22.0. The molecule has 7 heteroatoms. The Bertz CT molecular complexity index is 1010.